The highest BCUT2D eigenvalue weighted by Crippen LogP contribution is 2.24. The molecular weight excluding hydrogens is 468 g/mol. The number of hydrogen-bond acceptors (Lipinski definition) is 3. The monoisotopic (exact) mass is 497 g/mol. The molecule has 1 aliphatic rings. The molecule has 2 N–H and O–H groups in total. The first kappa shape index (κ1) is 22.4. The van der Waals surface area contributed by atoms with Crippen LogP contribution in [0.2, 0.25) is 0 Å². The molecule has 0 amide bonds. The molecule has 0 aliphatic carbocycles. The Bertz CT molecular complexity index is 811. The molecule has 3 rings (SSSR count). The van der Waals surface area contributed by atoms with Gasteiger partial charge in [-0.25, -0.2) is 4.39 Å². The van der Waals surface area contributed by atoms with E-state index in [1.165, 1.54) is 0 Å². The number of rotatable bonds is 4. The van der Waals surface area contributed by atoms with Crippen LogP contribution in [0, 0.1) is 19.7 Å². The fourth-order valence-corrected chi connectivity index (χ4v) is 3.44. The first-order chi connectivity index (χ1) is 13.1. The standard InChI is InChI=1S/C21H28FN5.HI/c1-15-8-9-18(22)20(12-15)27-11-5-7-17(14-27)26-21(23-3)25-13-19-16(2)6-4-10-24-19;/h4,6,8-10,12,17H,5,7,11,13-14H2,1-3H3,(H2,23,25,26);1H. The van der Waals surface area contributed by atoms with E-state index >= 15 is 0 Å². The number of aliphatic imine (C=N–C) groups is 1. The quantitative estimate of drug-likeness (QED) is 0.384. The van der Waals surface area contributed by atoms with Crippen molar-refractivity contribution in [1.82, 2.24) is 15.6 Å². The van der Waals surface area contributed by atoms with Crippen molar-refractivity contribution in [2.24, 2.45) is 4.99 Å². The number of aromatic nitrogens is 1. The molecule has 152 valence electrons. The lowest BCUT2D eigenvalue weighted by Crippen LogP contribution is -2.51. The van der Waals surface area contributed by atoms with Gasteiger partial charge in [0.05, 0.1) is 17.9 Å². The van der Waals surface area contributed by atoms with Gasteiger partial charge in [0.2, 0.25) is 0 Å². The van der Waals surface area contributed by atoms with Crippen LogP contribution in [-0.2, 0) is 6.54 Å². The smallest absolute Gasteiger partial charge is 0.191 e. The Balaban J connectivity index is 0.00000280. The Hall–Kier alpha value is -1.90. The van der Waals surface area contributed by atoms with Gasteiger partial charge in [-0.15, -0.1) is 24.0 Å². The zero-order chi connectivity index (χ0) is 19.2. The highest BCUT2D eigenvalue weighted by atomic mass is 127. The van der Waals surface area contributed by atoms with E-state index in [1.807, 2.05) is 25.1 Å². The van der Waals surface area contributed by atoms with E-state index < -0.39 is 0 Å². The minimum Gasteiger partial charge on any atom is -0.367 e. The second-order valence-electron chi connectivity index (χ2n) is 7.08. The van der Waals surface area contributed by atoms with Crippen LogP contribution in [0.15, 0.2) is 41.5 Å². The number of nitrogens with zero attached hydrogens (tertiary/aromatic N) is 3. The van der Waals surface area contributed by atoms with Crippen molar-refractivity contribution in [1.29, 1.82) is 0 Å². The summed E-state index contributed by atoms with van der Waals surface area (Å²) in [6.07, 6.45) is 3.85. The number of hydrogen-bond donors (Lipinski definition) is 2. The molecule has 1 saturated heterocycles. The van der Waals surface area contributed by atoms with E-state index in [0.29, 0.717) is 12.2 Å². The Morgan fingerprint density at radius 1 is 1.32 bits per heavy atom. The van der Waals surface area contributed by atoms with Gasteiger partial charge in [-0.1, -0.05) is 12.1 Å². The first-order valence-corrected chi connectivity index (χ1v) is 9.45. The fraction of sp³-hybridized carbons (Fsp3) is 0.429. The number of benzene rings is 1. The van der Waals surface area contributed by atoms with Crippen molar-refractivity contribution < 1.29 is 4.39 Å². The molecule has 0 radical (unpaired) electrons. The lowest BCUT2D eigenvalue weighted by molar-refractivity contribution is 0.462. The summed E-state index contributed by atoms with van der Waals surface area (Å²) in [5, 5.41) is 6.81. The fourth-order valence-electron chi connectivity index (χ4n) is 3.44. The largest absolute Gasteiger partial charge is 0.367 e. The Morgan fingerprint density at radius 3 is 2.89 bits per heavy atom. The van der Waals surface area contributed by atoms with Crippen molar-refractivity contribution in [3.63, 3.8) is 0 Å². The van der Waals surface area contributed by atoms with E-state index in [2.05, 4.69) is 38.5 Å². The molecule has 0 spiro atoms. The van der Waals surface area contributed by atoms with Crippen molar-refractivity contribution in [3.05, 3.63) is 59.2 Å². The molecule has 1 fully saturated rings. The van der Waals surface area contributed by atoms with Gasteiger partial charge in [-0.2, -0.15) is 0 Å². The summed E-state index contributed by atoms with van der Waals surface area (Å²) in [4.78, 5) is 10.9. The summed E-state index contributed by atoms with van der Waals surface area (Å²) in [7, 11) is 1.77. The maximum atomic E-state index is 14.3. The van der Waals surface area contributed by atoms with Crippen LogP contribution >= 0.6 is 24.0 Å². The summed E-state index contributed by atoms with van der Waals surface area (Å²) >= 11 is 0. The molecule has 2 aromatic rings. The van der Waals surface area contributed by atoms with Crippen LogP contribution in [0.4, 0.5) is 10.1 Å². The molecule has 0 bridgehead atoms. The number of piperidine rings is 1. The predicted octanol–water partition coefficient (Wildman–Crippen LogP) is 3.79. The second kappa shape index (κ2) is 10.6. The molecule has 1 atom stereocenters. The van der Waals surface area contributed by atoms with E-state index in [1.54, 1.807) is 19.3 Å². The lowest BCUT2D eigenvalue weighted by Gasteiger charge is -2.35. The van der Waals surface area contributed by atoms with Gasteiger partial charge in [0.1, 0.15) is 5.82 Å². The van der Waals surface area contributed by atoms with Gasteiger partial charge >= 0.3 is 0 Å². The first-order valence-electron chi connectivity index (χ1n) is 9.45. The van der Waals surface area contributed by atoms with Gasteiger partial charge in [0.15, 0.2) is 5.96 Å². The number of nitrogens with one attached hydrogen (secondary N) is 2. The van der Waals surface area contributed by atoms with Gasteiger partial charge in [0.25, 0.3) is 0 Å². The molecular formula is C21H29FIN5. The van der Waals surface area contributed by atoms with Crippen molar-refractivity contribution in [2.45, 2.75) is 39.3 Å². The second-order valence-corrected chi connectivity index (χ2v) is 7.08. The molecule has 2 heterocycles. The number of aryl methyl sites for hydroxylation is 2. The zero-order valence-corrected chi connectivity index (χ0v) is 19.0. The van der Waals surface area contributed by atoms with Crippen LogP contribution in [-0.4, -0.2) is 37.1 Å². The highest BCUT2D eigenvalue weighted by Gasteiger charge is 2.23. The van der Waals surface area contributed by atoms with Gasteiger partial charge < -0.3 is 15.5 Å². The molecule has 5 nitrogen and oxygen atoms in total. The minimum atomic E-state index is -0.158. The molecule has 1 aliphatic heterocycles. The maximum absolute atomic E-state index is 14.3. The third-order valence-corrected chi connectivity index (χ3v) is 4.97. The van der Waals surface area contributed by atoms with Crippen LogP contribution in [0.25, 0.3) is 0 Å². The normalized spacial score (nSPS) is 17.1. The molecule has 1 aromatic carbocycles. The van der Waals surface area contributed by atoms with Crippen molar-refractivity contribution in [3.8, 4) is 0 Å². The number of pyridine rings is 1. The topological polar surface area (TPSA) is 52.6 Å². The Labute approximate surface area is 183 Å². The van der Waals surface area contributed by atoms with Crippen LogP contribution < -0.4 is 15.5 Å². The summed E-state index contributed by atoms with van der Waals surface area (Å²) in [6.45, 7) is 6.29. The van der Waals surface area contributed by atoms with Crippen LogP contribution in [0.1, 0.15) is 29.7 Å². The van der Waals surface area contributed by atoms with Crippen LogP contribution in [0.5, 0.6) is 0 Å². The number of anilines is 1. The molecule has 0 saturated carbocycles. The van der Waals surface area contributed by atoms with Gasteiger partial charge in [0, 0.05) is 32.4 Å². The summed E-state index contributed by atoms with van der Waals surface area (Å²) < 4.78 is 14.3. The molecule has 1 unspecified atom stereocenters. The predicted molar refractivity (Wildman–Crippen MR) is 124 cm³/mol. The Kier molecular flexibility index (Phi) is 8.47. The van der Waals surface area contributed by atoms with Crippen molar-refractivity contribution in [2.75, 3.05) is 25.0 Å². The van der Waals surface area contributed by atoms with Crippen LogP contribution in [0.3, 0.4) is 0 Å². The maximum Gasteiger partial charge on any atom is 0.191 e. The van der Waals surface area contributed by atoms with E-state index in [-0.39, 0.29) is 35.8 Å². The summed E-state index contributed by atoms with van der Waals surface area (Å²) in [6, 6.07) is 9.49. The van der Waals surface area contributed by atoms with Gasteiger partial charge in [-0.3, -0.25) is 9.98 Å². The third kappa shape index (κ3) is 5.80. The number of halogens is 2. The van der Waals surface area contributed by atoms with E-state index in [9.17, 15) is 4.39 Å². The molecule has 28 heavy (non-hydrogen) atoms. The Morgan fingerprint density at radius 2 is 2.14 bits per heavy atom. The van der Waals surface area contributed by atoms with E-state index in [4.69, 9.17) is 0 Å². The lowest BCUT2D eigenvalue weighted by atomic mass is 10.0. The van der Waals surface area contributed by atoms with E-state index in [0.717, 1.165) is 48.7 Å². The summed E-state index contributed by atoms with van der Waals surface area (Å²) in [5.41, 5.74) is 3.92. The van der Waals surface area contributed by atoms with Gasteiger partial charge in [-0.05, 0) is 56.0 Å². The number of guanidine groups is 1. The SMILES string of the molecule is CN=C(NCc1ncccc1C)NC1CCCN(c2cc(C)ccc2F)C1.I. The molecule has 1 aromatic heterocycles. The zero-order valence-electron chi connectivity index (χ0n) is 16.7. The average Bonchev–Trinajstić information content (AvgIpc) is 2.68. The highest BCUT2D eigenvalue weighted by molar-refractivity contribution is 14.0. The average molecular weight is 497 g/mol. The minimum absolute atomic E-state index is 0. The summed E-state index contributed by atoms with van der Waals surface area (Å²) in [5.74, 6) is 0.589. The van der Waals surface area contributed by atoms with Crippen molar-refractivity contribution >= 4 is 35.6 Å². The third-order valence-electron chi connectivity index (χ3n) is 4.97. The molecule has 7 heteroatoms.